The molecule has 0 amide bonds. The molecule has 0 aliphatic heterocycles. The van der Waals surface area contributed by atoms with Crippen LogP contribution in [0, 0.1) is 0 Å². The normalized spacial score (nSPS) is 5.14. The van der Waals surface area contributed by atoms with E-state index in [1.165, 1.54) is 0 Å². The molecule has 0 spiro atoms. The van der Waals surface area contributed by atoms with Crippen LogP contribution in [0.3, 0.4) is 0 Å². The molecule has 0 aliphatic rings. The zero-order chi connectivity index (χ0) is 10.7. The van der Waals surface area contributed by atoms with Crippen molar-refractivity contribution in [3.63, 3.8) is 0 Å². The third-order valence-corrected chi connectivity index (χ3v) is 0. The summed E-state index contributed by atoms with van der Waals surface area (Å²) in [5.74, 6) is 0. The minimum Gasteiger partial charge on any atom is -0.570 e. The van der Waals surface area contributed by atoms with Crippen LogP contribution in [0.25, 0.3) is 0 Å². The van der Waals surface area contributed by atoms with Crippen molar-refractivity contribution in [1.29, 1.82) is 0 Å². The molecule has 0 nitrogen and oxygen atoms in total. The van der Waals surface area contributed by atoms with Gasteiger partial charge in [-0.05, 0) is 0 Å². The number of thiocarbonyl (C=S) groups is 3. The molecule has 0 bridgehead atoms. The van der Waals surface area contributed by atoms with Gasteiger partial charge in [0.05, 0.1) is 0 Å². The Morgan fingerprint density at radius 2 is 0.500 bits per heavy atom. The fourth-order valence-electron chi connectivity index (χ4n) is 0. The second-order valence-electron chi connectivity index (χ2n) is 0.750. The van der Waals surface area contributed by atoms with Gasteiger partial charge in [-0.1, -0.05) is 0 Å². The monoisotopic (exact) mass is 428 g/mol. The van der Waals surface area contributed by atoms with Gasteiger partial charge in [-0.25, -0.2) is 0 Å². The van der Waals surface area contributed by atoms with Crippen molar-refractivity contribution in [3.05, 3.63) is 0 Å². The van der Waals surface area contributed by atoms with Gasteiger partial charge in [0.2, 0.25) is 0 Å². The van der Waals surface area contributed by atoms with E-state index >= 15 is 0 Å². The fourth-order valence-corrected chi connectivity index (χ4v) is 0. The standard InChI is InChI=1S/3CH2S3.2Cr/c3*2-1(3)4;;/h3*(H2,2,3,4);;/q;;;2*+3/p-6. The molecule has 0 aromatic heterocycles. The predicted molar refractivity (Wildman–Crippen MR) is 82.0 cm³/mol. The smallest absolute Gasteiger partial charge is 0.570 e. The average Bonchev–Trinajstić information content (AvgIpc) is 1.54. The molecule has 0 aromatic rings. The van der Waals surface area contributed by atoms with Crippen LogP contribution in [0.1, 0.15) is 0 Å². The van der Waals surface area contributed by atoms with Gasteiger partial charge in [0.25, 0.3) is 0 Å². The quantitative estimate of drug-likeness (QED) is 0.407. The largest absolute Gasteiger partial charge is 3.00 e. The molecule has 0 atom stereocenters. The summed E-state index contributed by atoms with van der Waals surface area (Å²) < 4.78 is 0.500. The summed E-state index contributed by atoms with van der Waals surface area (Å²) in [4.78, 5) is 0. The molecule has 78 valence electrons. The van der Waals surface area contributed by atoms with Crippen LogP contribution in [-0.2, 0) is 110 Å². The van der Waals surface area contributed by atoms with E-state index in [0.29, 0.717) is 0 Å². The SMILES string of the molecule is S=C([S-])[S-].S=C([S-])[S-].S=C([S-])[S-].[Cr+3].[Cr+3]. The second kappa shape index (κ2) is 24.8. The number of hydrogen-bond donors (Lipinski definition) is 0. The van der Waals surface area contributed by atoms with Crippen molar-refractivity contribution in [2.75, 3.05) is 0 Å². The Morgan fingerprint density at radius 3 is 0.500 bits per heavy atom. The molecule has 0 heterocycles. The first-order valence-corrected chi connectivity index (χ1v) is 5.51. The molecule has 0 fully saturated rings. The Bertz CT molecular complexity index is 116. The maximum absolute atomic E-state index is 4.17. The van der Waals surface area contributed by atoms with Crippen LogP contribution < -0.4 is 0 Å². The van der Waals surface area contributed by atoms with Gasteiger partial charge >= 0.3 is 34.7 Å². The summed E-state index contributed by atoms with van der Waals surface area (Å²) in [5.41, 5.74) is 0. The molecule has 0 N–H and O–H groups in total. The van der Waals surface area contributed by atoms with E-state index in [1.54, 1.807) is 0 Å². The van der Waals surface area contributed by atoms with Gasteiger partial charge in [0.1, 0.15) is 0 Å². The first kappa shape index (κ1) is 30.0. The Balaban J connectivity index is -0.0000000270. The minimum atomic E-state index is 0. The van der Waals surface area contributed by atoms with E-state index in [0.717, 1.165) is 0 Å². The zero-order valence-corrected chi connectivity index (χ0v) is 15.9. The van der Waals surface area contributed by atoms with Crippen LogP contribution in [-0.4, -0.2) is 10.6 Å². The topological polar surface area (TPSA) is 0 Å². The van der Waals surface area contributed by atoms with Gasteiger partial charge in [0, 0.05) is 0 Å². The predicted octanol–water partition coefficient (Wildman–Crippen LogP) is 1.09. The van der Waals surface area contributed by atoms with E-state index in [9.17, 15) is 0 Å². The van der Waals surface area contributed by atoms with Gasteiger partial charge in [-0.2, -0.15) is 0 Å². The molecule has 2 radical (unpaired) electrons. The summed E-state index contributed by atoms with van der Waals surface area (Å²) in [6.45, 7) is 0. The van der Waals surface area contributed by atoms with Crippen molar-refractivity contribution >= 4 is 123 Å². The van der Waals surface area contributed by atoms with Gasteiger partial charge in [-0.15, -0.1) is 0 Å². The van der Waals surface area contributed by atoms with Crippen molar-refractivity contribution in [3.8, 4) is 0 Å². The molecular formula is C3Cr2S9. The molecule has 11 heteroatoms. The van der Waals surface area contributed by atoms with Crippen LogP contribution in [0.4, 0.5) is 0 Å². The summed E-state index contributed by atoms with van der Waals surface area (Å²) in [5, 5.41) is 0. The molecule has 14 heavy (non-hydrogen) atoms. The summed E-state index contributed by atoms with van der Waals surface area (Å²) >= 11 is 37.5. The molecular weight excluding hydrogens is 429 g/mol. The van der Waals surface area contributed by atoms with Crippen molar-refractivity contribution in [2.24, 2.45) is 0 Å². The average molecular weight is 429 g/mol. The summed E-state index contributed by atoms with van der Waals surface area (Å²) in [6.07, 6.45) is 0. The van der Waals surface area contributed by atoms with Gasteiger partial charge in [-0.3, -0.25) is 10.6 Å². The molecule has 0 saturated carbocycles. The fraction of sp³-hybridized carbons (Fsp3) is 0. The second-order valence-corrected chi connectivity index (χ2v) is 6.75. The Morgan fingerprint density at radius 1 is 0.500 bits per heavy atom. The maximum Gasteiger partial charge on any atom is 3.00 e. The summed E-state index contributed by atoms with van der Waals surface area (Å²) in [7, 11) is 0. The van der Waals surface area contributed by atoms with Gasteiger partial charge in [0.15, 0.2) is 0 Å². The van der Waals surface area contributed by atoms with Crippen molar-refractivity contribution in [1.82, 2.24) is 0 Å². The van der Waals surface area contributed by atoms with Crippen LogP contribution in [0.15, 0.2) is 0 Å². The van der Waals surface area contributed by atoms with Crippen LogP contribution in [0.5, 0.6) is 0 Å². The van der Waals surface area contributed by atoms with Gasteiger partial charge < -0.3 is 112 Å². The molecule has 0 unspecified atom stereocenters. The zero-order valence-electron chi connectivity index (χ0n) is 5.99. The maximum atomic E-state index is 4.17. The third-order valence-electron chi connectivity index (χ3n) is 0. The molecule has 0 rings (SSSR count). The third kappa shape index (κ3) is 388. The van der Waals surface area contributed by atoms with E-state index < -0.39 is 0 Å². The minimum absolute atomic E-state index is 0. The number of hydrogen-bond acceptors (Lipinski definition) is 9. The Kier molecular flexibility index (Phi) is 53.1. The van der Waals surface area contributed by atoms with E-state index in [1.807, 2.05) is 0 Å². The summed E-state index contributed by atoms with van der Waals surface area (Å²) in [6, 6.07) is 0. The molecule has 0 saturated heterocycles. The first-order chi connectivity index (χ1) is 5.20. The van der Waals surface area contributed by atoms with Crippen LogP contribution in [0.2, 0.25) is 0 Å². The first-order valence-electron chi connectivity index (χ1n) is 1.84. The van der Waals surface area contributed by atoms with E-state index in [-0.39, 0.29) is 45.3 Å². The molecule has 0 aliphatic carbocycles. The van der Waals surface area contributed by atoms with E-state index in [2.05, 4.69) is 112 Å². The van der Waals surface area contributed by atoms with Crippen LogP contribution >= 0.6 is 36.7 Å². The Labute approximate surface area is 155 Å². The van der Waals surface area contributed by atoms with Crippen molar-refractivity contribution < 1.29 is 34.7 Å². The van der Waals surface area contributed by atoms with E-state index in [4.69, 9.17) is 0 Å². The van der Waals surface area contributed by atoms with Crippen molar-refractivity contribution in [2.45, 2.75) is 0 Å². The Hall–Kier alpha value is 2.65. The molecule has 0 aromatic carbocycles. The number of rotatable bonds is 0.